The predicted molar refractivity (Wildman–Crippen MR) is 136 cm³/mol. The topological polar surface area (TPSA) is 65.8 Å². The number of nitrogens with one attached hydrogen (secondary N) is 1. The molecule has 3 heterocycles. The molecule has 2 aliphatic rings. The minimum absolute atomic E-state index is 0.148. The zero-order chi connectivity index (χ0) is 23.3. The zero-order valence-electron chi connectivity index (χ0n) is 20.2. The Hall–Kier alpha value is -2.93. The second-order valence-corrected chi connectivity index (χ2v) is 9.81. The molecule has 0 radical (unpaired) electrons. The smallest absolute Gasteiger partial charge is 0.244 e. The molecule has 1 saturated heterocycles. The highest BCUT2D eigenvalue weighted by molar-refractivity contribution is 5.86. The van der Waals surface area contributed by atoms with E-state index in [1.54, 1.807) is 12.4 Å². The van der Waals surface area contributed by atoms with Gasteiger partial charge in [-0.1, -0.05) is 62.4 Å². The first-order valence-electron chi connectivity index (χ1n) is 12.8. The van der Waals surface area contributed by atoms with E-state index < -0.39 is 0 Å². The number of benzene rings is 1. The van der Waals surface area contributed by atoms with E-state index in [1.807, 2.05) is 52.8 Å². The fourth-order valence-electron chi connectivity index (χ4n) is 5.42. The summed E-state index contributed by atoms with van der Waals surface area (Å²) in [6.45, 7) is 6.68. The van der Waals surface area contributed by atoms with Crippen LogP contribution in [0.5, 0.6) is 0 Å². The fourth-order valence-corrected chi connectivity index (χ4v) is 5.42. The van der Waals surface area contributed by atoms with Gasteiger partial charge in [-0.25, -0.2) is 4.98 Å². The minimum Gasteiger partial charge on any atom is -0.358 e. The van der Waals surface area contributed by atoms with Crippen molar-refractivity contribution in [2.24, 2.45) is 5.92 Å². The van der Waals surface area contributed by atoms with Gasteiger partial charge in [-0.15, -0.1) is 0 Å². The van der Waals surface area contributed by atoms with Gasteiger partial charge in [-0.2, -0.15) is 0 Å². The number of aromatic nitrogens is 3. The van der Waals surface area contributed by atoms with Crippen molar-refractivity contribution in [1.29, 1.82) is 0 Å². The molecule has 0 spiro atoms. The molecule has 7 nitrogen and oxygen atoms in total. The second kappa shape index (κ2) is 10.6. The van der Waals surface area contributed by atoms with Crippen molar-refractivity contribution >= 4 is 17.4 Å². The molecule has 3 aromatic rings. The van der Waals surface area contributed by atoms with Crippen molar-refractivity contribution < 1.29 is 4.79 Å². The number of rotatable bonds is 7. The van der Waals surface area contributed by atoms with Crippen molar-refractivity contribution in [3.05, 3.63) is 48.9 Å². The lowest BCUT2D eigenvalue weighted by Crippen LogP contribution is -2.52. The van der Waals surface area contributed by atoms with Crippen LogP contribution in [-0.4, -0.2) is 68.8 Å². The zero-order valence-corrected chi connectivity index (χ0v) is 20.2. The van der Waals surface area contributed by atoms with Gasteiger partial charge < -0.3 is 10.2 Å². The van der Waals surface area contributed by atoms with Gasteiger partial charge in [-0.3, -0.25) is 19.1 Å². The third-order valence-corrected chi connectivity index (χ3v) is 7.46. The van der Waals surface area contributed by atoms with E-state index in [4.69, 9.17) is 4.98 Å². The van der Waals surface area contributed by atoms with Crippen molar-refractivity contribution in [2.45, 2.75) is 51.5 Å². The lowest BCUT2D eigenvalue weighted by Gasteiger charge is -2.37. The first kappa shape index (κ1) is 22.8. The molecule has 1 aliphatic carbocycles. The molecule has 1 unspecified atom stereocenters. The Labute approximate surface area is 202 Å². The summed E-state index contributed by atoms with van der Waals surface area (Å²) in [6.07, 6.45) is 13.8. The Balaban J connectivity index is 1.21. The molecule has 7 heteroatoms. The van der Waals surface area contributed by atoms with E-state index in [0.29, 0.717) is 0 Å². The Kier molecular flexibility index (Phi) is 7.09. The average molecular weight is 461 g/mol. The summed E-state index contributed by atoms with van der Waals surface area (Å²) in [4.78, 5) is 26.9. The van der Waals surface area contributed by atoms with Gasteiger partial charge in [-0.05, 0) is 25.8 Å². The number of hydrogen-bond acceptors (Lipinski definition) is 5. The largest absolute Gasteiger partial charge is 0.358 e. The van der Waals surface area contributed by atoms with Crippen LogP contribution in [0.4, 0.5) is 5.82 Å². The Bertz CT molecular complexity index is 1080. The van der Waals surface area contributed by atoms with Crippen molar-refractivity contribution in [2.75, 3.05) is 38.0 Å². The first-order valence-corrected chi connectivity index (χ1v) is 12.8. The van der Waals surface area contributed by atoms with E-state index in [1.165, 1.54) is 45.1 Å². The summed E-state index contributed by atoms with van der Waals surface area (Å²) in [5.41, 5.74) is 2.61. The van der Waals surface area contributed by atoms with E-state index >= 15 is 0 Å². The highest BCUT2D eigenvalue weighted by Gasteiger charge is 2.27. The molecule has 2 fully saturated rings. The maximum absolute atomic E-state index is 13.3. The number of anilines is 1. The molecule has 1 N–H and O–H groups in total. The number of piperazine rings is 1. The fraction of sp³-hybridized carbons (Fsp3) is 0.519. The Morgan fingerprint density at radius 3 is 2.62 bits per heavy atom. The molecule has 0 bridgehead atoms. The van der Waals surface area contributed by atoms with Crippen LogP contribution < -0.4 is 5.32 Å². The summed E-state index contributed by atoms with van der Waals surface area (Å²) in [5.74, 6) is 1.89. The van der Waals surface area contributed by atoms with E-state index in [0.717, 1.165) is 54.8 Å². The van der Waals surface area contributed by atoms with Gasteiger partial charge in [0.2, 0.25) is 5.91 Å². The molecule has 1 aliphatic heterocycles. The number of nitrogens with zero attached hydrogens (tertiary/aromatic N) is 5. The lowest BCUT2D eigenvalue weighted by atomic mass is 9.87. The quantitative estimate of drug-likeness (QED) is 0.569. The SMILES string of the molecule is CC(Nc1c(-c2ccccc2)nc2cnccn12)C(=O)N1CCN(CCC2CCCCC2)CC1. The number of carbonyl (C=O) groups is 1. The molecule has 1 amide bonds. The molecule has 5 rings (SSSR count). The van der Waals surface area contributed by atoms with Crippen LogP contribution in [0.25, 0.3) is 16.9 Å². The number of fused-ring (bicyclic) bond motifs is 1. The molecular weight excluding hydrogens is 424 g/mol. The van der Waals surface area contributed by atoms with Gasteiger partial charge in [0.15, 0.2) is 5.65 Å². The van der Waals surface area contributed by atoms with Crippen molar-refractivity contribution in [1.82, 2.24) is 24.2 Å². The van der Waals surface area contributed by atoms with Crippen LogP contribution >= 0.6 is 0 Å². The van der Waals surface area contributed by atoms with Crippen molar-refractivity contribution in [3.8, 4) is 11.3 Å². The monoisotopic (exact) mass is 460 g/mol. The summed E-state index contributed by atoms with van der Waals surface area (Å²) in [5, 5.41) is 3.48. The van der Waals surface area contributed by atoms with Crippen LogP contribution in [-0.2, 0) is 4.79 Å². The molecule has 1 atom stereocenters. The average Bonchev–Trinajstić information content (AvgIpc) is 3.27. The van der Waals surface area contributed by atoms with E-state index in [9.17, 15) is 4.79 Å². The lowest BCUT2D eigenvalue weighted by molar-refractivity contribution is -0.133. The van der Waals surface area contributed by atoms with Gasteiger partial charge in [0, 0.05) is 44.1 Å². The van der Waals surface area contributed by atoms with Gasteiger partial charge in [0.1, 0.15) is 17.6 Å². The summed E-state index contributed by atoms with van der Waals surface area (Å²) >= 11 is 0. The molecular formula is C27H36N6O. The van der Waals surface area contributed by atoms with Gasteiger partial charge >= 0.3 is 0 Å². The minimum atomic E-state index is -0.343. The Morgan fingerprint density at radius 2 is 1.85 bits per heavy atom. The second-order valence-electron chi connectivity index (χ2n) is 9.81. The normalized spacial score (nSPS) is 18.8. The van der Waals surface area contributed by atoms with Crippen molar-refractivity contribution in [3.63, 3.8) is 0 Å². The Morgan fingerprint density at radius 1 is 1.09 bits per heavy atom. The number of hydrogen-bond donors (Lipinski definition) is 1. The standard InChI is InChI=1S/C27H36N6O/c1-21(27(34)32-18-16-31(17-19-32)14-12-22-8-4-2-5-9-22)29-26-25(23-10-6-3-7-11-23)30-24-20-28-13-15-33(24)26/h3,6-7,10-11,13,15,20-22,29H,2,4-5,8-9,12,14,16-19H2,1H3. The molecule has 180 valence electrons. The van der Waals surface area contributed by atoms with Gasteiger partial charge in [0.05, 0.1) is 6.20 Å². The number of amides is 1. The predicted octanol–water partition coefficient (Wildman–Crippen LogP) is 4.31. The maximum Gasteiger partial charge on any atom is 0.244 e. The van der Waals surface area contributed by atoms with E-state index in [2.05, 4.69) is 15.2 Å². The number of carbonyl (C=O) groups excluding carboxylic acids is 1. The molecule has 1 saturated carbocycles. The summed E-state index contributed by atoms with van der Waals surface area (Å²) < 4.78 is 1.97. The number of imidazole rings is 1. The van der Waals surface area contributed by atoms with Crippen LogP contribution in [0.1, 0.15) is 45.4 Å². The first-order chi connectivity index (χ1) is 16.7. The van der Waals surface area contributed by atoms with E-state index in [-0.39, 0.29) is 11.9 Å². The molecule has 34 heavy (non-hydrogen) atoms. The highest BCUT2D eigenvalue weighted by atomic mass is 16.2. The van der Waals surface area contributed by atoms with Crippen LogP contribution in [0.15, 0.2) is 48.9 Å². The molecule has 2 aromatic heterocycles. The summed E-state index contributed by atoms with van der Waals surface area (Å²) in [6, 6.07) is 9.74. The highest BCUT2D eigenvalue weighted by Crippen LogP contribution is 2.29. The summed E-state index contributed by atoms with van der Waals surface area (Å²) in [7, 11) is 0. The van der Waals surface area contributed by atoms with Gasteiger partial charge in [0.25, 0.3) is 0 Å². The third-order valence-electron chi connectivity index (χ3n) is 7.46. The van der Waals surface area contributed by atoms with Crippen LogP contribution in [0.3, 0.4) is 0 Å². The van der Waals surface area contributed by atoms with Crippen LogP contribution in [0.2, 0.25) is 0 Å². The maximum atomic E-state index is 13.3. The third kappa shape index (κ3) is 5.09. The molecule has 1 aromatic carbocycles. The van der Waals surface area contributed by atoms with Crippen LogP contribution in [0, 0.1) is 5.92 Å².